The van der Waals surface area contributed by atoms with Crippen molar-refractivity contribution in [3.63, 3.8) is 0 Å². The molecule has 1 aromatic heterocycles. The number of pyridine rings is 1. The molecule has 18 nitrogen and oxygen atoms in total. The number of benzene rings is 2. The van der Waals surface area contributed by atoms with E-state index in [9.17, 15) is 43.8 Å². The van der Waals surface area contributed by atoms with Crippen LogP contribution in [-0.2, 0) is 57.1 Å². The second kappa shape index (κ2) is 17.0. The second-order valence-corrected chi connectivity index (χ2v) is 17.1. The summed E-state index contributed by atoms with van der Waals surface area (Å²) in [6, 6.07) is 17.9. The van der Waals surface area contributed by atoms with E-state index in [1.54, 1.807) is 31.2 Å². The van der Waals surface area contributed by atoms with Crippen LogP contribution in [0, 0.1) is 17.3 Å². The Hall–Kier alpha value is -6.24. The summed E-state index contributed by atoms with van der Waals surface area (Å²) in [6.45, 7) is 6.76. The van der Waals surface area contributed by atoms with Crippen molar-refractivity contribution in [3.05, 3.63) is 101 Å². The highest BCUT2D eigenvalue weighted by Crippen LogP contribution is 2.70. The number of aliphatic hydroxyl groups is 2. The van der Waals surface area contributed by atoms with Gasteiger partial charge >= 0.3 is 41.8 Å². The van der Waals surface area contributed by atoms with E-state index in [-0.39, 0.29) is 22.4 Å². The molecular formula is C46H49NO17. The molecule has 3 fully saturated rings. The zero-order chi connectivity index (χ0) is 46.5. The number of hydrogen-bond acceptors (Lipinski definition) is 18. The fraction of sp³-hybridized carbons (Fsp3) is 0.478. The Morgan fingerprint density at radius 2 is 1.33 bits per heavy atom. The van der Waals surface area contributed by atoms with Crippen LogP contribution in [-0.4, -0.2) is 124 Å². The topological polar surface area (TPSA) is 247 Å². The number of hydrogen-bond donors (Lipinski definition) is 2. The van der Waals surface area contributed by atoms with Gasteiger partial charge in [-0.3, -0.25) is 24.2 Å². The summed E-state index contributed by atoms with van der Waals surface area (Å²) in [7, 11) is 0. The minimum atomic E-state index is -2.87. The van der Waals surface area contributed by atoms with E-state index in [4.69, 9.17) is 37.9 Å². The lowest BCUT2D eigenvalue weighted by atomic mass is 9.45. The Kier molecular flexibility index (Phi) is 12.2. The number of cyclic esters (lactones) is 1. The quantitative estimate of drug-likeness (QED) is 0.244. The maximum absolute atomic E-state index is 14.5. The first-order valence-electron chi connectivity index (χ1n) is 20.6. The summed E-state index contributed by atoms with van der Waals surface area (Å²) in [5.74, 6) is -10.8. The number of carbonyl (C=O) groups is 7. The summed E-state index contributed by atoms with van der Waals surface area (Å²) < 4.78 is 49.9. The molecule has 2 N–H and O–H groups in total. The molecule has 4 aliphatic rings. The second-order valence-electron chi connectivity index (χ2n) is 17.1. The van der Waals surface area contributed by atoms with Gasteiger partial charge in [-0.15, -0.1) is 0 Å². The van der Waals surface area contributed by atoms with E-state index in [1.165, 1.54) is 68.6 Å². The predicted octanol–water partition coefficient (Wildman–Crippen LogP) is 3.05. The molecule has 2 aliphatic heterocycles. The van der Waals surface area contributed by atoms with Crippen molar-refractivity contribution in [3.8, 4) is 0 Å². The van der Waals surface area contributed by atoms with Gasteiger partial charge in [-0.2, -0.15) is 0 Å². The van der Waals surface area contributed by atoms with Crippen LogP contribution in [0.25, 0.3) is 0 Å². The summed E-state index contributed by atoms with van der Waals surface area (Å²) in [5, 5.41) is 26.4. The van der Waals surface area contributed by atoms with Gasteiger partial charge < -0.3 is 48.1 Å². The molecule has 1 spiro atoms. The monoisotopic (exact) mass is 887 g/mol. The van der Waals surface area contributed by atoms with Crippen LogP contribution in [0.5, 0.6) is 0 Å². The summed E-state index contributed by atoms with van der Waals surface area (Å²) >= 11 is 0. The smallest absolute Gasteiger partial charge is 0.340 e. The summed E-state index contributed by atoms with van der Waals surface area (Å²) in [6.07, 6.45) is -11.2. The van der Waals surface area contributed by atoms with Gasteiger partial charge in [-0.25, -0.2) is 14.4 Å². The molecular weight excluding hydrogens is 838 g/mol. The molecule has 1 saturated heterocycles. The molecule has 2 saturated carbocycles. The maximum Gasteiger partial charge on any atom is 0.340 e. The third kappa shape index (κ3) is 7.36. The van der Waals surface area contributed by atoms with Crippen molar-refractivity contribution < 1.29 is 81.7 Å². The van der Waals surface area contributed by atoms with Crippen molar-refractivity contribution in [2.24, 2.45) is 17.3 Å². The summed E-state index contributed by atoms with van der Waals surface area (Å²) in [4.78, 5) is 102. The first-order chi connectivity index (χ1) is 30.2. The van der Waals surface area contributed by atoms with E-state index in [0.717, 1.165) is 27.7 Å². The highest BCUT2D eigenvalue weighted by molar-refractivity contribution is 5.92. The molecule has 3 unspecified atom stereocenters. The molecule has 3 heterocycles. The van der Waals surface area contributed by atoms with E-state index in [2.05, 4.69) is 4.98 Å². The van der Waals surface area contributed by atoms with Crippen LogP contribution in [0.3, 0.4) is 0 Å². The molecule has 340 valence electrons. The van der Waals surface area contributed by atoms with Crippen LogP contribution in [0.1, 0.15) is 91.2 Å². The minimum Gasteiger partial charge on any atom is -0.465 e. The molecule has 13 atom stereocenters. The Balaban J connectivity index is 1.61. The fourth-order valence-electron chi connectivity index (χ4n) is 10.1. The number of rotatable bonds is 8. The third-order valence-electron chi connectivity index (χ3n) is 13.1. The van der Waals surface area contributed by atoms with Gasteiger partial charge in [0.1, 0.15) is 54.2 Å². The first-order valence-corrected chi connectivity index (χ1v) is 20.6. The lowest BCUT2D eigenvalue weighted by Gasteiger charge is -2.67. The van der Waals surface area contributed by atoms with Crippen LogP contribution in [0.15, 0.2) is 79.0 Å². The van der Waals surface area contributed by atoms with E-state index < -0.39 is 132 Å². The van der Waals surface area contributed by atoms with Crippen LogP contribution >= 0.6 is 0 Å². The van der Waals surface area contributed by atoms with Crippen LogP contribution < -0.4 is 0 Å². The number of ether oxygens (including phenoxy) is 8. The molecule has 3 aromatic rings. The van der Waals surface area contributed by atoms with Gasteiger partial charge in [0.15, 0.2) is 17.8 Å². The fourth-order valence-corrected chi connectivity index (χ4v) is 10.1. The molecule has 7 rings (SSSR count). The maximum atomic E-state index is 14.5. The van der Waals surface area contributed by atoms with Gasteiger partial charge in [0.05, 0.1) is 34.2 Å². The Labute approximate surface area is 367 Å². The number of aromatic nitrogens is 1. The zero-order valence-corrected chi connectivity index (χ0v) is 36.1. The number of nitrogens with zero attached hydrogens (tertiary/aromatic N) is 1. The Bertz CT molecular complexity index is 2340. The lowest BCUT2D eigenvalue weighted by Crippen LogP contribution is -2.89. The van der Waals surface area contributed by atoms with Gasteiger partial charge in [-0.1, -0.05) is 50.2 Å². The number of aliphatic hydroxyl groups excluding tert-OH is 1. The molecule has 0 amide bonds. The Morgan fingerprint density at radius 3 is 1.89 bits per heavy atom. The normalized spacial score (nSPS) is 35.3. The molecule has 2 aromatic carbocycles. The van der Waals surface area contributed by atoms with Gasteiger partial charge in [0, 0.05) is 32.9 Å². The standard InChI is InChI=1S/C46H49NO17/c1-23-24(2)39(52)62-36-33(51)37(63-41(54)29-17-12-9-13-18-29)45(22-57-25(3)48)38(60-27(5)50)34(59-26(4)49)31-35(61-40(53)28-15-10-8-11-16-28)46(45,44(36,7)56)64-43(31,6)21-58-42(55)30-19-14-20-47-32(23)30/h8-20,23-24,31,33-38,51,56H,21-22H2,1-7H3/t23?,24?,31-,33+,34-,35-,36+,37+,38-,43?,44+,45+,46+/m1/s1. The van der Waals surface area contributed by atoms with Gasteiger partial charge in [0.2, 0.25) is 0 Å². The number of fused-ring (bicyclic) bond motifs is 5. The van der Waals surface area contributed by atoms with Crippen LogP contribution in [0.2, 0.25) is 0 Å². The third-order valence-corrected chi connectivity index (χ3v) is 13.1. The van der Waals surface area contributed by atoms with E-state index in [1.807, 2.05) is 0 Å². The minimum absolute atomic E-state index is 0.0218. The number of esters is 7. The van der Waals surface area contributed by atoms with Crippen molar-refractivity contribution in [2.75, 3.05) is 13.2 Å². The average molecular weight is 888 g/mol. The van der Waals surface area contributed by atoms with Crippen molar-refractivity contribution in [1.29, 1.82) is 0 Å². The molecule has 0 radical (unpaired) electrons. The number of carbonyl (C=O) groups excluding carboxylic acids is 7. The van der Waals surface area contributed by atoms with Crippen LogP contribution in [0.4, 0.5) is 0 Å². The molecule has 64 heavy (non-hydrogen) atoms. The highest BCUT2D eigenvalue weighted by atomic mass is 16.7. The highest BCUT2D eigenvalue weighted by Gasteiger charge is 2.91. The van der Waals surface area contributed by atoms with Gasteiger partial charge in [-0.05, 0) is 50.2 Å². The SMILES string of the molecule is CC(=O)OC[C@]12[C@H](OC(C)=O)[C@H](OC(C)=O)[C@@H]3[C@@H](OC(=O)c4ccccc4)[C@@]14OC3(C)COC(=O)c1cccnc1C(C)C(C)C(=O)O[C@@H]([C@H](O)[C@@H]2OC(=O)c1ccccc1)[C@]4(C)O. The lowest BCUT2D eigenvalue weighted by molar-refractivity contribution is -0.384. The van der Waals surface area contributed by atoms with Gasteiger partial charge in [0.25, 0.3) is 0 Å². The largest absolute Gasteiger partial charge is 0.465 e. The predicted molar refractivity (Wildman–Crippen MR) is 216 cm³/mol. The van der Waals surface area contributed by atoms with E-state index >= 15 is 0 Å². The summed E-state index contributed by atoms with van der Waals surface area (Å²) in [5.41, 5.74) is -10.5. The van der Waals surface area contributed by atoms with Crippen molar-refractivity contribution in [1.82, 2.24) is 4.98 Å². The Morgan fingerprint density at radius 1 is 0.750 bits per heavy atom. The average Bonchev–Trinajstić information content (AvgIpc) is 3.49. The molecule has 18 heteroatoms. The van der Waals surface area contributed by atoms with E-state index in [0.29, 0.717) is 0 Å². The van der Waals surface area contributed by atoms with Crippen molar-refractivity contribution in [2.45, 2.75) is 108 Å². The molecule has 4 bridgehead atoms. The zero-order valence-electron chi connectivity index (χ0n) is 36.1. The molecule has 2 aliphatic carbocycles. The first kappa shape index (κ1) is 45.8. The van der Waals surface area contributed by atoms with Crippen molar-refractivity contribution >= 4 is 41.8 Å².